The molecule has 0 unspecified atom stereocenters. The van der Waals surface area contributed by atoms with Crippen LogP contribution in [0.15, 0.2) is 18.3 Å². The highest BCUT2D eigenvalue weighted by Crippen LogP contribution is 2.32. The fourth-order valence-electron chi connectivity index (χ4n) is 1.61. The lowest BCUT2D eigenvalue weighted by Crippen LogP contribution is -2.16. The molecular weight excluding hydrogens is 285 g/mol. The van der Waals surface area contributed by atoms with Crippen molar-refractivity contribution in [1.82, 2.24) is 9.38 Å². The van der Waals surface area contributed by atoms with Crippen LogP contribution in [0.1, 0.15) is 23.1 Å². The van der Waals surface area contributed by atoms with E-state index in [-0.39, 0.29) is 17.3 Å². The lowest BCUT2D eigenvalue weighted by molar-refractivity contribution is -0.141. The Morgan fingerprint density at radius 2 is 2.16 bits per heavy atom. The van der Waals surface area contributed by atoms with E-state index in [9.17, 15) is 18.0 Å². The van der Waals surface area contributed by atoms with Crippen molar-refractivity contribution in [2.24, 2.45) is 0 Å². The number of halogens is 4. The molecule has 0 aliphatic heterocycles. The molecule has 102 valence electrons. The third-order valence-electron chi connectivity index (χ3n) is 2.32. The number of alkyl halides is 3. The summed E-state index contributed by atoms with van der Waals surface area (Å²) in [6.07, 6.45) is -3.56. The SMILES string of the molecule is CCOC(=O)c1c(C(F)(F)F)nc2ccc(Cl)cn12. The lowest BCUT2D eigenvalue weighted by Gasteiger charge is -2.07. The Morgan fingerprint density at radius 3 is 2.74 bits per heavy atom. The van der Waals surface area contributed by atoms with Crippen LogP contribution in [-0.2, 0) is 10.9 Å². The molecule has 4 nitrogen and oxygen atoms in total. The summed E-state index contributed by atoms with van der Waals surface area (Å²) in [5, 5.41) is 0.184. The minimum absolute atomic E-state index is 0.0280. The van der Waals surface area contributed by atoms with Crippen LogP contribution in [-0.4, -0.2) is 22.0 Å². The van der Waals surface area contributed by atoms with Gasteiger partial charge in [-0.1, -0.05) is 11.6 Å². The van der Waals surface area contributed by atoms with Crippen molar-refractivity contribution in [3.8, 4) is 0 Å². The van der Waals surface area contributed by atoms with Gasteiger partial charge >= 0.3 is 12.1 Å². The average molecular weight is 293 g/mol. The van der Waals surface area contributed by atoms with Crippen LogP contribution in [0.25, 0.3) is 5.65 Å². The van der Waals surface area contributed by atoms with Crippen LogP contribution in [0.5, 0.6) is 0 Å². The second-order valence-electron chi connectivity index (χ2n) is 3.60. The molecule has 0 amide bonds. The van der Waals surface area contributed by atoms with E-state index in [0.29, 0.717) is 0 Å². The number of esters is 1. The van der Waals surface area contributed by atoms with Crippen LogP contribution in [0, 0.1) is 0 Å². The molecule has 0 radical (unpaired) electrons. The highest BCUT2D eigenvalue weighted by Gasteiger charge is 2.40. The quantitative estimate of drug-likeness (QED) is 0.799. The van der Waals surface area contributed by atoms with Crippen molar-refractivity contribution >= 4 is 23.2 Å². The van der Waals surface area contributed by atoms with Gasteiger partial charge in [0, 0.05) is 6.20 Å². The number of hydrogen-bond donors (Lipinski definition) is 0. The molecule has 2 aromatic heterocycles. The predicted octanol–water partition coefficient (Wildman–Crippen LogP) is 3.18. The van der Waals surface area contributed by atoms with Crippen molar-refractivity contribution < 1.29 is 22.7 Å². The van der Waals surface area contributed by atoms with Gasteiger partial charge in [-0.3, -0.25) is 4.40 Å². The summed E-state index contributed by atoms with van der Waals surface area (Å²) < 4.78 is 44.2. The van der Waals surface area contributed by atoms with E-state index < -0.39 is 23.5 Å². The Balaban J connectivity index is 2.74. The lowest BCUT2D eigenvalue weighted by atomic mass is 10.3. The molecule has 0 atom stereocenters. The maximum atomic E-state index is 12.9. The second kappa shape index (κ2) is 4.73. The van der Waals surface area contributed by atoms with Gasteiger partial charge in [0.25, 0.3) is 0 Å². The smallest absolute Gasteiger partial charge is 0.435 e. The molecule has 0 aromatic carbocycles. The van der Waals surface area contributed by atoms with Crippen molar-refractivity contribution in [2.45, 2.75) is 13.1 Å². The second-order valence-corrected chi connectivity index (χ2v) is 4.04. The fourth-order valence-corrected chi connectivity index (χ4v) is 1.77. The number of nitrogens with zero attached hydrogens (tertiary/aromatic N) is 2. The molecule has 0 spiro atoms. The molecule has 0 aliphatic rings. The Hall–Kier alpha value is -1.76. The van der Waals surface area contributed by atoms with E-state index in [1.807, 2.05) is 0 Å². The first-order valence-corrected chi connectivity index (χ1v) is 5.64. The van der Waals surface area contributed by atoms with Gasteiger partial charge in [0.05, 0.1) is 11.6 Å². The number of ether oxygens (including phenoxy) is 1. The van der Waals surface area contributed by atoms with Crippen molar-refractivity contribution in [1.29, 1.82) is 0 Å². The van der Waals surface area contributed by atoms with Crippen LogP contribution >= 0.6 is 11.6 Å². The first-order chi connectivity index (χ1) is 8.84. The van der Waals surface area contributed by atoms with E-state index in [0.717, 1.165) is 4.40 Å². The zero-order chi connectivity index (χ0) is 14.2. The van der Waals surface area contributed by atoms with Gasteiger partial charge in [-0.15, -0.1) is 0 Å². The minimum atomic E-state index is -4.75. The molecule has 2 heterocycles. The first-order valence-electron chi connectivity index (χ1n) is 5.26. The van der Waals surface area contributed by atoms with Crippen LogP contribution in [0.3, 0.4) is 0 Å². The number of rotatable bonds is 2. The topological polar surface area (TPSA) is 43.6 Å². The van der Waals surface area contributed by atoms with Gasteiger partial charge in [-0.05, 0) is 19.1 Å². The fraction of sp³-hybridized carbons (Fsp3) is 0.273. The summed E-state index contributed by atoms with van der Waals surface area (Å²) in [4.78, 5) is 15.1. The largest absolute Gasteiger partial charge is 0.461 e. The number of fused-ring (bicyclic) bond motifs is 1. The molecule has 8 heteroatoms. The number of hydrogen-bond acceptors (Lipinski definition) is 3. The van der Waals surface area contributed by atoms with Crippen LogP contribution in [0.2, 0.25) is 5.02 Å². The molecule has 0 saturated carbocycles. The highest BCUT2D eigenvalue weighted by atomic mass is 35.5. The summed E-state index contributed by atoms with van der Waals surface area (Å²) in [6, 6.07) is 2.68. The minimum Gasteiger partial charge on any atom is -0.461 e. The van der Waals surface area contributed by atoms with E-state index in [4.69, 9.17) is 11.6 Å². The van der Waals surface area contributed by atoms with E-state index in [1.165, 1.54) is 25.3 Å². The molecule has 0 aliphatic carbocycles. The van der Waals surface area contributed by atoms with Gasteiger partial charge in [-0.2, -0.15) is 13.2 Å². The number of carbonyl (C=O) groups is 1. The predicted molar refractivity (Wildman–Crippen MR) is 61.2 cm³/mol. The molecular formula is C11H8ClF3N2O2. The molecule has 2 rings (SSSR count). The van der Waals surface area contributed by atoms with Gasteiger partial charge in [-0.25, -0.2) is 9.78 Å². The van der Waals surface area contributed by atoms with Gasteiger partial charge in [0.2, 0.25) is 0 Å². The molecule has 0 N–H and O–H groups in total. The molecule has 19 heavy (non-hydrogen) atoms. The summed E-state index contributed by atoms with van der Waals surface area (Å²) in [6.45, 7) is 1.46. The summed E-state index contributed by atoms with van der Waals surface area (Å²) in [7, 11) is 0. The monoisotopic (exact) mass is 292 g/mol. The standard InChI is InChI=1S/C11H8ClF3N2O2/c1-2-19-10(18)8-9(11(13,14)15)16-7-4-3-6(12)5-17(7)8/h3-5H,2H2,1H3. The third kappa shape index (κ3) is 2.51. The van der Waals surface area contributed by atoms with Crippen LogP contribution in [0.4, 0.5) is 13.2 Å². The average Bonchev–Trinajstić information content (AvgIpc) is 2.67. The first kappa shape index (κ1) is 13.7. The normalized spacial score (nSPS) is 11.8. The Bertz CT molecular complexity index is 637. The maximum Gasteiger partial charge on any atom is 0.435 e. The van der Waals surface area contributed by atoms with Crippen LogP contribution < -0.4 is 0 Å². The van der Waals surface area contributed by atoms with Gasteiger partial charge in [0.15, 0.2) is 11.4 Å². The van der Waals surface area contributed by atoms with Crippen molar-refractivity contribution in [3.63, 3.8) is 0 Å². The Labute approximate surface area is 110 Å². The summed E-state index contributed by atoms with van der Waals surface area (Å²) in [5.41, 5.74) is -1.99. The molecule has 0 saturated heterocycles. The van der Waals surface area contributed by atoms with E-state index in [2.05, 4.69) is 9.72 Å². The number of carbonyl (C=O) groups excluding carboxylic acids is 1. The summed E-state index contributed by atoms with van der Waals surface area (Å²) in [5.74, 6) is -1.09. The van der Waals surface area contributed by atoms with Gasteiger partial charge < -0.3 is 4.74 Å². The van der Waals surface area contributed by atoms with E-state index in [1.54, 1.807) is 0 Å². The van der Waals surface area contributed by atoms with Crippen molar-refractivity contribution in [3.05, 3.63) is 34.7 Å². The summed E-state index contributed by atoms with van der Waals surface area (Å²) >= 11 is 5.71. The number of aromatic nitrogens is 2. The number of imidazole rings is 1. The highest BCUT2D eigenvalue weighted by molar-refractivity contribution is 6.30. The Kier molecular flexibility index (Phi) is 3.40. The zero-order valence-corrected chi connectivity index (χ0v) is 10.4. The van der Waals surface area contributed by atoms with Crippen molar-refractivity contribution in [2.75, 3.05) is 6.61 Å². The molecule has 0 bridgehead atoms. The maximum absolute atomic E-state index is 12.9. The Morgan fingerprint density at radius 1 is 1.47 bits per heavy atom. The zero-order valence-electron chi connectivity index (χ0n) is 9.66. The van der Waals surface area contributed by atoms with Gasteiger partial charge in [0.1, 0.15) is 5.65 Å². The number of pyridine rings is 1. The molecule has 0 fully saturated rings. The van der Waals surface area contributed by atoms with E-state index >= 15 is 0 Å². The molecule has 2 aromatic rings. The third-order valence-corrected chi connectivity index (χ3v) is 2.54.